The van der Waals surface area contributed by atoms with Gasteiger partial charge in [0.05, 0.1) is 0 Å². The number of anilines is 1. The number of aryl methyl sites for hydroxylation is 1. The summed E-state index contributed by atoms with van der Waals surface area (Å²) >= 11 is 0. The summed E-state index contributed by atoms with van der Waals surface area (Å²) < 4.78 is 41.2. The van der Waals surface area contributed by atoms with E-state index in [4.69, 9.17) is 5.73 Å². The van der Waals surface area contributed by atoms with Crippen LogP contribution in [0, 0.1) is 12.7 Å². The van der Waals surface area contributed by atoms with E-state index in [2.05, 4.69) is 9.62 Å². The van der Waals surface area contributed by atoms with E-state index < -0.39 is 15.8 Å². The van der Waals surface area contributed by atoms with Crippen LogP contribution in [0.5, 0.6) is 0 Å². The minimum atomic E-state index is -3.89. The van der Waals surface area contributed by atoms with Gasteiger partial charge in [-0.3, -0.25) is 0 Å². The molecular weight excluding hydrogens is 281 g/mol. The van der Waals surface area contributed by atoms with Crippen LogP contribution in [-0.2, 0) is 10.0 Å². The van der Waals surface area contributed by atoms with Crippen LogP contribution in [0.2, 0.25) is 0 Å². The number of nitrogens with one attached hydrogen (secondary N) is 1. The van der Waals surface area contributed by atoms with Crippen LogP contribution in [0.3, 0.4) is 0 Å². The summed E-state index contributed by atoms with van der Waals surface area (Å²) in [4.78, 5) is 1.68. The lowest BCUT2D eigenvalue weighted by Gasteiger charge is -2.30. The number of nitrogens with zero attached hydrogens (tertiary/aromatic N) is 1. The summed E-state index contributed by atoms with van der Waals surface area (Å²) in [5.41, 5.74) is 6.08. The molecule has 1 fully saturated rings. The normalized spacial score (nSPS) is 21.1. The third-order valence-corrected chi connectivity index (χ3v) is 5.00. The van der Waals surface area contributed by atoms with Crippen LogP contribution < -0.4 is 10.5 Å². The van der Waals surface area contributed by atoms with Crippen molar-refractivity contribution in [3.63, 3.8) is 0 Å². The summed E-state index contributed by atoms with van der Waals surface area (Å²) in [6.07, 6.45) is 1.68. The number of hydrogen-bond acceptors (Lipinski definition) is 4. The Morgan fingerprint density at radius 1 is 1.45 bits per heavy atom. The SMILES string of the molecule is Cc1cc(N)cc(S(=O)(=O)NC2CCCN(C)C2)c1F. The van der Waals surface area contributed by atoms with Gasteiger partial charge in [-0.1, -0.05) is 0 Å². The molecule has 1 heterocycles. The highest BCUT2D eigenvalue weighted by Gasteiger charge is 2.26. The maximum atomic E-state index is 14.0. The molecule has 1 aromatic carbocycles. The smallest absolute Gasteiger partial charge is 0.243 e. The molecule has 0 radical (unpaired) electrons. The minimum Gasteiger partial charge on any atom is -0.399 e. The van der Waals surface area contributed by atoms with Crippen molar-refractivity contribution < 1.29 is 12.8 Å². The summed E-state index contributed by atoms with van der Waals surface area (Å²) in [6, 6.07) is 2.39. The number of piperidine rings is 1. The number of sulfonamides is 1. The first-order valence-electron chi connectivity index (χ1n) is 6.56. The topological polar surface area (TPSA) is 75.4 Å². The fraction of sp³-hybridized carbons (Fsp3) is 0.538. The third-order valence-electron chi connectivity index (χ3n) is 3.48. The van der Waals surface area contributed by atoms with Crippen molar-refractivity contribution in [3.8, 4) is 0 Å². The zero-order valence-corrected chi connectivity index (χ0v) is 12.5. The van der Waals surface area contributed by atoms with Gasteiger partial charge < -0.3 is 10.6 Å². The van der Waals surface area contributed by atoms with Crippen molar-refractivity contribution in [2.24, 2.45) is 0 Å². The van der Waals surface area contributed by atoms with Gasteiger partial charge in [0, 0.05) is 18.3 Å². The number of benzene rings is 1. The lowest BCUT2D eigenvalue weighted by molar-refractivity contribution is 0.242. The van der Waals surface area contributed by atoms with E-state index in [-0.39, 0.29) is 22.2 Å². The molecule has 0 aromatic heterocycles. The Hall–Kier alpha value is -1.18. The van der Waals surface area contributed by atoms with Crippen LogP contribution >= 0.6 is 0 Å². The quantitative estimate of drug-likeness (QED) is 0.820. The van der Waals surface area contributed by atoms with E-state index in [0.29, 0.717) is 6.54 Å². The standard InChI is InChI=1S/C13H20FN3O2S/c1-9-6-10(15)7-12(13(9)14)20(18,19)16-11-4-3-5-17(2)8-11/h6-7,11,16H,3-5,8,15H2,1-2H3. The molecule has 1 aliphatic heterocycles. The predicted molar refractivity (Wildman–Crippen MR) is 76.4 cm³/mol. The Morgan fingerprint density at radius 2 is 2.15 bits per heavy atom. The fourth-order valence-corrected chi connectivity index (χ4v) is 3.95. The second-order valence-corrected chi connectivity index (χ2v) is 7.06. The zero-order valence-electron chi connectivity index (χ0n) is 11.7. The largest absolute Gasteiger partial charge is 0.399 e. The average Bonchev–Trinajstić information content (AvgIpc) is 2.33. The summed E-state index contributed by atoms with van der Waals surface area (Å²) in [6.45, 7) is 3.07. The number of halogens is 1. The van der Waals surface area contributed by atoms with Crippen molar-refractivity contribution in [2.45, 2.75) is 30.7 Å². The Kier molecular flexibility index (Phi) is 4.31. The average molecular weight is 301 g/mol. The summed E-state index contributed by atoms with van der Waals surface area (Å²) in [5, 5.41) is 0. The van der Waals surface area contributed by atoms with Crippen molar-refractivity contribution in [1.29, 1.82) is 0 Å². The van der Waals surface area contributed by atoms with E-state index in [1.165, 1.54) is 13.0 Å². The Bertz CT molecular complexity index is 604. The third kappa shape index (κ3) is 3.28. The van der Waals surface area contributed by atoms with Crippen molar-refractivity contribution >= 4 is 15.7 Å². The van der Waals surface area contributed by atoms with Gasteiger partial charge in [0.2, 0.25) is 10.0 Å². The van der Waals surface area contributed by atoms with Gasteiger partial charge in [0.15, 0.2) is 0 Å². The molecule has 1 unspecified atom stereocenters. The van der Waals surface area contributed by atoms with E-state index in [1.54, 1.807) is 0 Å². The number of rotatable bonds is 3. The molecule has 5 nitrogen and oxygen atoms in total. The van der Waals surface area contributed by atoms with Gasteiger partial charge in [-0.2, -0.15) is 0 Å². The van der Waals surface area contributed by atoms with Gasteiger partial charge >= 0.3 is 0 Å². The monoisotopic (exact) mass is 301 g/mol. The number of nitrogen functional groups attached to an aromatic ring is 1. The van der Waals surface area contributed by atoms with Crippen LogP contribution in [0.15, 0.2) is 17.0 Å². The summed E-state index contributed by atoms with van der Waals surface area (Å²) in [7, 11) is -1.95. The highest BCUT2D eigenvalue weighted by atomic mass is 32.2. The molecule has 20 heavy (non-hydrogen) atoms. The van der Waals surface area contributed by atoms with Gasteiger partial charge in [0.25, 0.3) is 0 Å². The van der Waals surface area contributed by atoms with E-state index in [9.17, 15) is 12.8 Å². The molecule has 7 heteroatoms. The molecule has 0 bridgehead atoms. The van der Waals surface area contributed by atoms with Crippen molar-refractivity contribution in [3.05, 3.63) is 23.5 Å². The first-order chi connectivity index (χ1) is 9.29. The van der Waals surface area contributed by atoms with Gasteiger partial charge in [0.1, 0.15) is 10.7 Å². The van der Waals surface area contributed by atoms with Crippen LogP contribution in [0.4, 0.5) is 10.1 Å². The highest BCUT2D eigenvalue weighted by Crippen LogP contribution is 2.22. The van der Waals surface area contributed by atoms with E-state index >= 15 is 0 Å². The van der Waals surface area contributed by atoms with Crippen molar-refractivity contribution in [1.82, 2.24) is 9.62 Å². The number of nitrogens with two attached hydrogens (primary N) is 1. The zero-order chi connectivity index (χ0) is 14.9. The maximum absolute atomic E-state index is 14.0. The minimum absolute atomic E-state index is 0.195. The molecule has 0 amide bonds. The Labute approximate surface area is 119 Å². The predicted octanol–water partition coefficient (Wildman–Crippen LogP) is 1.09. The molecule has 3 N–H and O–H groups in total. The second-order valence-electron chi connectivity index (χ2n) is 5.37. The number of likely N-dealkylation sites (tertiary alicyclic amines) is 1. The second kappa shape index (κ2) is 5.67. The Balaban J connectivity index is 2.26. The molecule has 1 aromatic rings. The molecule has 1 atom stereocenters. The van der Waals surface area contributed by atoms with Gasteiger partial charge in [-0.25, -0.2) is 17.5 Å². The number of likely N-dealkylation sites (N-methyl/N-ethyl adjacent to an activating group) is 1. The van der Waals surface area contributed by atoms with Gasteiger partial charge in [-0.15, -0.1) is 0 Å². The lowest BCUT2D eigenvalue weighted by Crippen LogP contribution is -2.46. The van der Waals surface area contributed by atoms with Crippen LogP contribution in [-0.4, -0.2) is 39.5 Å². The van der Waals surface area contributed by atoms with Crippen LogP contribution in [0.25, 0.3) is 0 Å². The molecule has 112 valence electrons. The summed E-state index contributed by atoms with van der Waals surface area (Å²) in [5.74, 6) is -0.740. The molecular formula is C13H20FN3O2S. The molecule has 1 aliphatic rings. The Morgan fingerprint density at radius 3 is 2.80 bits per heavy atom. The first kappa shape index (κ1) is 15.2. The highest BCUT2D eigenvalue weighted by molar-refractivity contribution is 7.89. The fourth-order valence-electron chi connectivity index (χ4n) is 2.51. The molecule has 0 saturated carbocycles. The maximum Gasteiger partial charge on any atom is 0.243 e. The molecule has 1 saturated heterocycles. The van der Waals surface area contributed by atoms with E-state index in [1.807, 2.05) is 7.05 Å². The van der Waals surface area contributed by atoms with E-state index in [0.717, 1.165) is 25.5 Å². The molecule has 2 rings (SSSR count). The van der Waals surface area contributed by atoms with Crippen molar-refractivity contribution in [2.75, 3.05) is 25.9 Å². The van der Waals surface area contributed by atoms with Gasteiger partial charge in [-0.05, 0) is 51.1 Å². The first-order valence-corrected chi connectivity index (χ1v) is 8.04. The lowest BCUT2D eigenvalue weighted by atomic mass is 10.1. The molecule has 0 spiro atoms. The van der Waals surface area contributed by atoms with Crippen LogP contribution in [0.1, 0.15) is 18.4 Å². The number of hydrogen-bond donors (Lipinski definition) is 2. The molecule has 0 aliphatic carbocycles.